The summed E-state index contributed by atoms with van der Waals surface area (Å²) >= 11 is 0. The molecule has 108 valence electrons. The molecule has 1 heterocycles. The minimum atomic E-state index is -0.0379. The standard InChI is InChI=1S/C17H17NO3/c1-12-7-8-13(11-16(12)20-2)17(19)18-9-10-21-15-6-4-3-5-14(15)18/h3-8,11H,9-10H2,1-2H3. The van der Waals surface area contributed by atoms with Gasteiger partial charge in [0.15, 0.2) is 0 Å². The molecule has 0 atom stereocenters. The molecule has 2 aromatic carbocycles. The molecule has 1 aliphatic heterocycles. The summed E-state index contributed by atoms with van der Waals surface area (Å²) in [5.41, 5.74) is 2.44. The zero-order chi connectivity index (χ0) is 14.8. The molecule has 0 saturated heterocycles. The summed E-state index contributed by atoms with van der Waals surface area (Å²) < 4.78 is 10.9. The molecule has 2 aromatic rings. The van der Waals surface area contributed by atoms with E-state index in [4.69, 9.17) is 9.47 Å². The lowest BCUT2D eigenvalue weighted by Crippen LogP contribution is -2.37. The molecule has 21 heavy (non-hydrogen) atoms. The number of fused-ring (bicyclic) bond motifs is 1. The van der Waals surface area contributed by atoms with E-state index in [1.54, 1.807) is 18.1 Å². The van der Waals surface area contributed by atoms with Crippen LogP contribution in [0.25, 0.3) is 0 Å². The quantitative estimate of drug-likeness (QED) is 0.850. The number of para-hydroxylation sites is 2. The summed E-state index contributed by atoms with van der Waals surface area (Å²) in [5.74, 6) is 1.43. The Kier molecular flexibility index (Phi) is 3.52. The minimum Gasteiger partial charge on any atom is -0.496 e. The topological polar surface area (TPSA) is 38.8 Å². The normalized spacial score (nSPS) is 13.3. The van der Waals surface area contributed by atoms with Crippen molar-refractivity contribution in [2.24, 2.45) is 0 Å². The number of hydrogen-bond acceptors (Lipinski definition) is 3. The average molecular weight is 283 g/mol. The molecule has 0 bridgehead atoms. The maximum absolute atomic E-state index is 12.8. The molecule has 0 saturated carbocycles. The number of benzene rings is 2. The summed E-state index contributed by atoms with van der Waals surface area (Å²) in [4.78, 5) is 14.5. The predicted molar refractivity (Wildman–Crippen MR) is 81.3 cm³/mol. The third-order valence-electron chi connectivity index (χ3n) is 3.63. The summed E-state index contributed by atoms with van der Waals surface area (Å²) in [6.07, 6.45) is 0. The van der Waals surface area contributed by atoms with E-state index in [1.165, 1.54) is 0 Å². The molecule has 3 rings (SSSR count). The van der Waals surface area contributed by atoms with Gasteiger partial charge in [0.1, 0.15) is 18.1 Å². The number of methoxy groups -OCH3 is 1. The van der Waals surface area contributed by atoms with Crippen molar-refractivity contribution in [3.8, 4) is 11.5 Å². The highest BCUT2D eigenvalue weighted by Gasteiger charge is 2.24. The molecule has 4 heteroatoms. The van der Waals surface area contributed by atoms with Crippen LogP contribution in [0.1, 0.15) is 15.9 Å². The molecule has 0 unspecified atom stereocenters. The van der Waals surface area contributed by atoms with Crippen LogP contribution in [0, 0.1) is 6.92 Å². The van der Waals surface area contributed by atoms with Crippen LogP contribution in [0.5, 0.6) is 11.5 Å². The lowest BCUT2D eigenvalue weighted by Gasteiger charge is -2.29. The number of nitrogens with zero attached hydrogens (tertiary/aromatic N) is 1. The first-order chi connectivity index (χ1) is 10.2. The van der Waals surface area contributed by atoms with Crippen molar-refractivity contribution < 1.29 is 14.3 Å². The maximum Gasteiger partial charge on any atom is 0.258 e. The van der Waals surface area contributed by atoms with Crippen molar-refractivity contribution >= 4 is 11.6 Å². The summed E-state index contributed by atoms with van der Waals surface area (Å²) in [5, 5.41) is 0. The zero-order valence-corrected chi connectivity index (χ0v) is 12.1. The van der Waals surface area contributed by atoms with Crippen molar-refractivity contribution in [1.82, 2.24) is 0 Å². The van der Waals surface area contributed by atoms with E-state index in [0.29, 0.717) is 18.7 Å². The van der Waals surface area contributed by atoms with E-state index in [1.807, 2.05) is 43.3 Å². The van der Waals surface area contributed by atoms with E-state index in [2.05, 4.69) is 0 Å². The van der Waals surface area contributed by atoms with Crippen LogP contribution in [0.2, 0.25) is 0 Å². The van der Waals surface area contributed by atoms with Crippen molar-refractivity contribution in [3.63, 3.8) is 0 Å². The van der Waals surface area contributed by atoms with Crippen LogP contribution < -0.4 is 14.4 Å². The Morgan fingerprint density at radius 2 is 2.05 bits per heavy atom. The number of ether oxygens (including phenoxy) is 2. The molecular weight excluding hydrogens is 266 g/mol. The Morgan fingerprint density at radius 3 is 2.86 bits per heavy atom. The highest BCUT2D eigenvalue weighted by atomic mass is 16.5. The van der Waals surface area contributed by atoms with Gasteiger partial charge in [-0.25, -0.2) is 0 Å². The number of rotatable bonds is 2. The first-order valence-electron chi connectivity index (χ1n) is 6.89. The van der Waals surface area contributed by atoms with Crippen molar-refractivity contribution in [3.05, 3.63) is 53.6 Å². The van der Waals surface area contributed by atoms with Gasteiger partial charge in [-0.1, -0.05) is 18.2 Å². The molecule has 4 nitrogen and oxygen atoms in total. The van der Waals surface area contributed by atoms with Gasteiger partial charge in [0.25, 0.3) is 5.91 Å². The first kappa shape index (κ1) is 13.5. The van der Waals surface area contributed by atoms with Crippen LogP contribution in [0.4, 0.5) is 5.69 Å². The number of carbonyl (C=O) groups excluding carboxylic acids is 1. The molecular formula is C17H17NO3. The van der Waals surface area contributed by atoms with E-state index in [9.17, 15) is 4.79 Å². The van der Waals surface area contributed by atoms with Crippen LogP contribution in [0.3, 0.4) is 0 Å². The van der Waals surface area contributed by atoms with Gasteiger partial charge in [-0.2, -0.15) is 0 Å². The van der Waals surface area contributed by atoms with E-state index in [0.717, 1.165) is 22.7 Å². The summed E-state index contributed by atoms with van der Waals surface area (Å²) in [6, 6.07) is 13.1. The third-order valence-corrected chi connectivity index (χ3v) is 3.63. The number of carbonyl (C=O) groups is 1. The Hall–Kier alpha value is -2.49. The minimum absolute atomic E-state index is 0.0379. The second-order valence-corrected chi connectivity index (χ2v) is 4.96. The maximum atomic E-state index is 12.8. The highest BCUT2D eigenvalue weighted by Crippen LogP contribution is 2.32. The zero-order valence-electron chi connectivity index (χ0n) is 12.1. The summed E-state index contributed by atoms with van der Waals surface area (Å²) in [7, 11) is 1.61. The van der Waals surface area contributed by atoms with Gasteiger partial charge in [0, 0.05) is 5.56 Å². The first-order valence-corrected chi connectivity index (χ1v) is 6.89. The number of amides is 1. The molecule has 0 spiro atoms. The Labute approximate surface area is 123 Å². The Morgan fingerprint density at radius 1 is 1.24 bits per heavy atom. The SMILES string of the molecule is COc1cc(C(=O)N2CCOc3ccccc32)ccc1C. The van der Waals surface area contributed by atoms with E-state index < -0.39 is 0 Å². The third kappa shape index (κ3) is 2.44. The lowest BCUT2D eigenvalue weighted by molar-refractivity contribution is 0.0976. The predicted octanol–water partition coefficient (Wildman–Crippen LogP) is 3.04. The Bertz CT molecular complexity index is 681. The van der Waals surface area contributed by atoms with Gasteiger partial charge in [0.05, 0.1) is 19.3 Å². The molecule has 1 amide bonds. The van der Waals surface area contributed by atoms with E-state index >= 15 is 0 Å². The fourth-order valence-corrected chi connectivity index (χ4v) is 2.49. The fourth-order valence-electron chi connectivity index (χ4n) is 2.49. The van der Waals surface area contributed by atoms with Gasteiger partial charge in [-0.15, -0.1) is 0 Å². The number of hydrogen-bond donors (Lipinski definition) is 0. The van der Waals surface area contributed by atoms with Gasteiger partial charge >= 0.3 is 0 Å². The summed E-state index contributed by atoms with van der Waals surface area (Å²) in [6.45, 7) is 3.01. The lowest BCUT2D eigenvalue weighted by atomic mass is 10.1. The van der Waals surface area contributed by atoms with Crippen molar-refractivity contribution in [2.45, 2.75) is 6.92 Å². The highest BCUT2D eigenvalue weighted by molar-refractivity contribution is 6.07. The van der Waals surface area contributed by atoms with Crippen molar-refractivity contribution in [2.75, 3.05) is 25.2 Å². The van der Waals surface area contributed by atoms with Crippen LogP contribution in [-0.2, 0) is 0 Å². The van der Waals surface area contributed by atoms with Gasteiger partial charge in [-0.05, 0) is 36.8 Å². The monoisotopic (exact) mass is 283 g/mol. The average Bonchev–Trinajstić information content (AvgIpc) is 2.54. The fraction of sp³-hybridized carbons (Fsp3) is 0.235. The van der Waals surface area contributed by atoms with Gasteiger partial charge in [0.2, 0.25) is 0 Å². The Balaban J connectivity index is 1.96. The van der Waals surface area contributed by atoms with Crippen molar-refractivity contribution in [1.29, 1.82) is 0 Å². The van der Waals surface area contributed by atoms with Crippen LogP contribution in [0.15, 0.2) is 42.5 Å². The smallest absolute Gasteiger partial charge is 0.258 e. The van der Waals surface area contributed by atoms with Crippen LogP contribution in [-0.4, -0.2) is 26.2 Å². The van der Waals surface area contributed by atoms with Gasteiger partial charge < -0.3 is 14.4 Å². The number of anilines is 1. The largest absolute Gasteiger partial charge is 0.496 e. The molecule has 0 aliphatic carbocycles. The van der Waals surface area contributed by atoms with Gasteiger partial charge in [-0.3, -0.25) is 4.79 Å². The number of aryl methyl sites for hydroxylation is 1. The molecule has 0 N–H and O–H groups in total. The van der Waals surface area contributed by atoms with Crippen LogP contribution >= 0.6 is 0 Å². The molecule has 0 fully saturated rings. The molecule has 0 radical (unpaired) electrons. The molecule has 0 aromatic heterocycles. The second kappa shape index (κ2) is 5.48. The van der Waals surface area contributed by atoms with E-state index in [-0.39, 0.29) is 5.91 Å². The second-order valence-electron chi connectivity index (χ2n) is 4.96. The molecule has 1 aliphatic rings.